The van der Waals surface area contributed by atoms with Crippen LogP contribution in [0.5, 0.6) is 0 Å². The van der Waals surface area contributed by atoms with E-state index in [9.17, 15) is 0 Å². The SMILES string of the molecule is CC1CCN(c2nccn2C)C1CCl. The summed E-state index contributed by atoms with van der Waals surface area (Å²) in [6, 6.07) is 0.442. The smallest absolute Gasteiger partial charge is 0.205 e. The molecule has 2 rings (SSSR count). The van der Waals surface area contributed by atoms with Crippen LogP contribution in [0.15, 0.2) is 12.4 Å². The standard InChI is InChI=1S/C10H16ClN3/c1-8-3-5-14(9(8)7-11)10-12-4-6-13(10)2/h4,6,8-9H,3,5,7H2,1-2H3. The largest absolute Gasteiger partial charge is 0.338 e. The monoisotopic (exact) mass is 213 g/mol. The van der Waals surface area contributed by atoms with Gasteiger partial charge in [-0.15, -0.1) is 11.6 Å². The maximum absolute atomic E-state index is 5.99. The van der Waals surface area contributed by atoms with E-state index < -0.39 is 0 Å². The average molecular weight is 214 g/mol. The molecule has 0 spiro atoms. The average Bonchev–Trinajstić information content (AvgIpc) is 2.71. The Kier molecular flexibility index (Phi) is 2.68. The normalized spacial score (nSPS) is 27.2. The van der Waals surface area contributed by atoms with Gasteiger partial charge in [0.05, 0.1) is 0 Å². The van der Waals surface area contributed by atoms with E-state index in [1.165, 1.54) is 6.42 Å². The summed E-state index contributed by atoms with van der Waals surface area (Å²) in [5, 5.41) is 0. The van der Waals surface area contributed by atoms with Crippen LogP contribution in [0, 0.1) is 5.92 Å². The van der Waals surface area contributed by atoms with Crippen molar-refractivity contribution in [2.45, 2.75) is 19.4 Å². The molecule has 4 heteroatoms. The molecule has 1 aliphatic rings. The first-order valence-electron chi connectivity index (χ1n) is 5.04. The van der Waals surface area contributed by atoms with Crippen LogP contribution in [-0.2, 0) is 7.05 Å². The van der Waals surface area contributed by atoms with Crippen molar-refractivity contribution in [2.75, 3.05) is 17.3 Å². The first-order valence-corrected chi connectivity index (χ1v) is 5.57. The second-order valence-corrected chi connectivity index (χ2v) is 4.33. The van der Waals surface area contributed by atoms with Gasteiger partial charge in [0, 0.05) is 37.9 Å². The lowest BCUT2D eigenvalue weighted by Gasteiger charge is -2.25. The Hall–Kier alpha value is -0.700. The number of hydrogen-bond acceptors (Lipinski definition) is 2. The third-order valence-corrected chi connectivity index (χ3v) is 3.41. The summed E-state index contributed by atoms with van der Waals surface area (Å²) in [7, 11) is 2.02. The maximum Gasteiger partial charge on any atom is 0.205 e. The number of rotatable bonds is 2. The number of alkyl halides is 1. The van der Waals surface area contributed by atoms with Gasteiger partial charge in [0.2, 0.25) is 5.95 Å². The number of anilines is 1. The fourth-order valence-corrected chi connectivity index (χ4v) is 2.60. The third-order valence-electron chi connectivity index (χ3n) is 3.09. The summed E-state index contributed by atoms with van der Waals surface area (Å²) in [5.74, 6) is 2.40. The summed E-state index contributed by atoms with van der Waals surface area (Å²) in [4.78, 5) is 6.68. The number of nitrogens with zero attached hydrogens (tertiary/aromatic N) is 3. The highest BCUT2D eigenvalue weighted by Gasteiger charge is 2.32. The van der Waals surface area contributed by atoms with Crippen LogP contribution >= 0.6 is 11.6 Å². The summed E-state index contributed by atoms with van der Waals surface area (Å²) in [5.41, 5.74) is 0. The van der Waals surface area contributed by atoms with E-state index in [2.05, 4.69) is 21.4 Å². The fourth-order valence-electron chi connectivity index (χ4n) is 2.13. The number of halogens is 1. The Morgan fingerprint density at radius 3 is 3.00 bits per heavy atom. The van der Waals surface area contributed by atoms with Crippen molar-refractivity contribution in [3.63, 3.8) is 0 Å². The summed E-state index contributed by atoms with van der Waals surface area (Å²) < 4.78 is 2.05. The first-order chi connectivity index (χ1) is 6.74. The molecule has 0 bridgehead atoms. The van der Waals surface area contributed by atoms with Gasteiger partial charge in [-0.2, -0.15) is 0 Å². The molecule has 0 saturated carbocycles. The second-order valence-electron chi connectivity index (χ2n) is 4.02. The summed E-state index contributed by atoms with van der Waals surface area (Å²) in [6.07, 6.45) is 5.03. The van der Waals surface area contributed by atoms with Crippen LogP contribution in [0.1, 0.15) is 13.3 Å². The van der Waals surface area contributed by atoms with Crippen LogP contribution in [0.25, 0.3) is 0 Å². The number of aromatic nitrogens is 2. The van der Waals surface area contributed by atoms with E-state index >= 15 is 0 Å². The zero-order chi connectivity index (χ0) is 10.1. The Morgan fingerprint density at radius 1 is 1.64 bits per heavy atom. The molecule has 2 heterocycles. The van der Waals surface area contributed by atoms with Gasteiger partial charge in [-0.25, -0.2) is 4.98 Å². The quantitative estimate of drug-likeness (QED) is 0.700. The lowest BCUT2D eigenvalue weighted by Crippen LogP contribution is -2.35. The zero-order valence-electron chi connectivity index (χ0n) is 8.65. The van der Waals surface area contributed by atoms with Crippen molar-refractivity contribution in [2.24, 2.45) is 13.0 Å². The molecule has 14 heavy (non-hydrogen) atoms. The van der Waals surface area contributed by atoms with Crippen LogP contribution in [-0.4, -0.2) is 28.0 Å². The van der Waals surface area contributed by atoms with Crippen molar-refractivity contribution in [3.05, 3.63) is 12.4 Å². The first kappa shape index (κ1) is 9.84. The topological polar surface area (TPSA) is 21.1 Å². The Bertz CT molecular complexity index is 310. The van der Waals surface area contributed by atoms with Crippen molar-refractivity contribution in [1.29, 1.82) is 0 Å². The molecular weight excluding hydrogens is 198 g/mol. The molecule has 0 N–H and O–H groups in total. The highest BCUT2D eigenvalue weighted by atomic mass is 35.5. The molecular formula is C10H16ClN3. The number of aryl methyl sites for hydroxylation is 1. The van der Waals surface area contributed by atoms with Crippen molar-refractivity contribution >= 4 is 17.5 Å². The van der Waals surface area contributed by atoms with E-state index in [0.29, 0.717) is 17.8 Å². The van der Waals surface area contributed by atoms with E-state index in [-0.39, 0.29) is 0 Å². The lowest BCUT2D eigenvalue weighted by atomic mass is 10.1. The molecule has 1 aliphatic heterocycles. The predicted molar refractivity (Wildman–Crippen MR) is 58.8 cm³/mol. The van der Waals surface area contributed by atoms with E-state index in [1.807, 2.05) is 19.4 Å². The molecule has 0 aromatic carbocycles. The van der Waals surface area contributed by atoms with Gasteiger partial charge in [0.1, 0.15) is 0 Å². The van der Waals surface area contributed by atoms with Gasteiger partial charge in [-0.3, -0.25) is 0 Å². The minimum Gasteiger partial charge on any atom is -0.338 e. The van der Waals surface area contributed by atoms with Crippen molar-refractivity contribution in [1.82, 2.24) is 9.55 Å². The van der Waals surface area contributed by atoms with Crippen LogP contribution in [0.2, 0.25) is 0 Å². The molecule has 1 aromatic heterocycles. The number of hydrogen-bond donors (Lipinski definition) is 0. The highest BCUT2D eigenvalue weighted by molar-refractivity contribution is 6.18. The molecule has 1 fully saturated rings. The van der Waals surface area contributed by atoms with Gasteiger partial charge in [0.15, 0.2) is 0 Å². The molecule has 1 saturated heterocycles. The fraction of sp³-hybridized carbons (Fsp3) is 0.700. The van der Waals surface area contributed by atoms with E-state index in [4.69, 9.17) is 11.6 Å². The van der Waals surface area contributed by atoms with E-state index in [0.717, 1.165) is 12.5 Å². The number of imidazole rings is 1. The molecule has 0 aliphatic carbocycles. The molecule has 3 nitrogen and oxygen atoms in total. The minimum atomic E-state index is 0.442. The lowest BCUT2D eigenvalue weighted by molar-refractivity contribution is 0.544. The minimum absolute atomic E-state index is 0.442. The van der Waals surface area contributed by atoms with Gasteiger partial charge in [-0.1, -0.05) is 6.92 Å². The van der Waals surface area contributed by atoms with Gasteiger partial charge in [-0.05, 0) is 12.3 Å². The van der Waals surface area contributed by atoms with Crippen LogP contribution in [0.4, 0.5) is 5.95 Å². The second kappa shape index (κ2) is 3.81. The maximum atomic E-state index is 5.99. The van der Waals surface area contributed by atoms with Crippen LogP contribution in [0.3, 0.4) is 0 Å². The van der Waals surface area contributed by atoms with E-state index in [1.54, 1.807) is 0 Å². The van der Waals surface area contributed by atoms with Crippen molar-refractivity contribution in [3.8, 4) is 0 Å². The molecule has 2 unspecified atom stereocenters. The zero-order valence-corrected chi connectivity index (χ0v) is 9.41. The summed E-state index contributed by atoms with van der Waals surface area (Å²) >= 11 is 5.99. The van der Waals surface area contributed by atoms with Gasteiger partial charge >= 0.3 is 0 Å². The molecule has 2 atom stereocenters. The molecule has 0 radical (unpaired) electrons. The molecule has 1 aromatic rings. The van der Waals surface area contributed by atoms with Crippen LogP contribution < -0.4 is 4.90 Å². The van der Waals surface area contributed by atoms with Gasteiger partial charge in [0.25, 0.3) is 0 Å². The molecule has 78 valence electrons. The Morgan fingerprint density at radius 2 is 2.43 bits per heavy atom. The Balaban J connectivity index is 2.23. The highest BCUT2D eigenvalue weighted by Crippen LogP contribution is 2.28. The van der Waals surface area contributed by atoms with Crippen molar-refractivity contribution < 1.29 is 0 Å². The molecule has 0 amide bonds. The predicted octanol–water partition coefficient (Wildman–Crippen LogP) is 1.87. The third kappa shape index (κ3) is 1.50. The van der Waals surface area contributed by atoms with Gasteiger partial charge < -0.3 is 9.47 Å². The summed E-state index contributed by atoms with van der Waals surface area (Å²) in [6.45, 7) is 3.33. The Labute approximate surface area is 89.7 Å².